The zero-order valence-electron chi connectivity index (χ0n) is 14.5. The van der Waals surface area contributed by atoms with Crippen LogP contribution in [0.15, 0.2) is 48.5 Å². The minimum absolute atomic E-state index is 0.128. The number of benzene rings is 2. The van der Waals surface area contributed by atoms with Crippen LogP contribution >= 0.6 is 0 Å². The largest absolute Gasteiger partial charge is 0.449 e. The molecule has 2 aromatic rings. The molecule has 0 bridgehead atoms. The highest BCUT2D eigenvalue weighted by atomic mass is 19.4. The molecule has 0 saturated carbocycles. The van der Waals surface area contributed by atoms with Gasteiger partial charge in [-0.15, -0.1) is 0 Å². The molecule has 0 aliphatic heterocycles. The topological polar surface area (TPSA) is 111 Å². The van der Waals surface area contributed by atoms with Crippen LogP contribution in [0.4, 0.5) is 29.3 Å². The Morgan fingerprint density at radius 3 is 1.93 bits per heavy atom. The first-order chi connectivity index (χ1) is 13.1. The van der Waals surface area contributed by atoms with E-state index in [1.54, 1.807) is 0 Å². The fourth-order valence-electron chi connectivity index (χ4n) is 2.10. The van der Waals surface area contributed by atoms with Gasteiger partial charge >= 0.3 is 18.2 Å². The first-order valence-corrected chi connectivity index (χ1v) is 7.92. The van der Waals surface area contributed by atoms with Crippen LogP contribution in [0.3, 0.4) is 0 Å². The highest BCUT2D eigenvalue weighted by Gasteiger charge is 2.30. The molecule has 0 fully saturated rings. The number of halogens is 3. The van der Waals surface area contributed by atoms with E-state index in [1.165, 1.54) is 31.2 Å². The third kappa shape index (κ3) is 5.73. The van der Waals surface area contributed by atoms with Crippen LogP contribution in [-0.2, 0) is 15.7 Å². The van der Waals surface area contributed by atoms with E-state index < -0.39 is 35.8 Å². The van der Waals surface area contributed by atoms with Gasteiger partial charge in [0.25, 0.3) is 5.91 Å². The van der Waals surface area contributed by atoms with Crippen LogP contribution in [0.1, 0.15) is 22.8 Å². The lowest BCUT2D eigenvalue weighted by atomic mass is 10.2. The molecule has 2 aromatic carbocycles. The molecule has 0 aromatic heterocycles. The molecule has 0 heterocycles. The third-order valence-corrected chi connectivity index (χ3v) is 3.52. The molecule has 0 spiro atoms. The van der Waals surface area contributed by atoms with Crippen molar-refractivity contribution >= 4 is 29.3 Å². The number of esters is 1. The Labute approximate surface area is 157 Å². The first-order valence-electron chi connectivity index (χ1n) is 7.92. The van der Waals surface area contributed by atoms with Crippen molar-refractivity contribution < 1.29 is 32.3 Å². The maximum atomic E-state index is 12.5. The Morgan fingerprint density at radius 2 is 1.43 bits per heavy atom. The van der Waals surface area contributed by atoms with Crippen LogP contribution in [0.25, 0.3) is 0 Å². The van der Waals surface area contributed by atoms with Gasteiger partial charge in [-0.05, 0) is 55.5 Å². The quantitative estimate of drug-likeness (QED) is 0.674. The normalized spacial score (nSPS) is 12.0. The minimum Gasteiger partial charge on any atom is -0.449 e. The van der Waals surface area contributed by atoms with E-state index >= 15 is 0 Å². The predicted octanol–water partition coefficient (Wildman–Crippen LogP) is 3.38. The van der Waals surface area contributed by atoms with Crippen molar-refractivity contribution in [3.8, 4) is 0 Å². The van der Waals surface area contributed by atoms with Crippen LogP contribution in [-0.4, -0.2) is 24.0 Å². The van der Waals surface area contributed by atoms with Crippen molar-refractivity contribution in [2.45, 2.75) is 19.2 Å². The van der Waals surface area contributed by atoms with Crippen LogP contribution in [0.5, 0.6) is 0 Å². The number of hydrogen-bond donors (Lipinski definition) is 3. The molecule has 1 unspecified atom stereocenters. The Bertz CT molecular complexity index is 865. The van der Waals surface area contributed by atoms with E-state index in [1.807, 2.05) is 0 Å². The van der Waals surface area contributed by atoms with Crippen molar-refractivity contribution in [2.75, 3.05) is 10.6 Å². The molecule has 1 atom stereocenters. The maximum Gasteiger partial charge on any atom is 0.416 e. The summed E-state index contributed by atoms with van der Waals surface area (Å²) in [5.74, 6) is -1.50. The van der Waals surface area contributed by atoms with Crippen molar-refractivity contribution in [1.82, 2.24) is 0 Å². The average Bonchev–Trinajstić information content (AvgIpc) is 2.61. The molecule has 7 nitrogen and oxygen atoms in total. The molecule has 3 amide bonds. The van der Waals surface area contributed by atoms with Crippen molar-refractivity contribution in [1.29, 1.82) is 0 Å². The molecule has 0 saturated heterocycles. The number of nitrogens with two attached hydrogens (primary N) is 1. The van der Waals surface area contributed by atoms with Gasteiger partial charge in [-0.3, -0.25) is 4.79 Å². The average molecular weight is 395 g/mol. The van der Waals surface area contributed by atoms with Gasteiger partial charge in [0, 0.05) is 11.4 Å². The second kappa shape index (κ2) is 8.42. The minimum atomic E-state index is -4.48. The summed E-state index contributed by atoms with van der Waals surface area (Å²) in [5, 5.41) is 4.69. The summed E-state index contributed by atoms with van der Waals surface area (Å²) >= 11 is 0. The van der Waals surface area contributed by atoms with E-state index in [0.29, 0.717) is 5.69 Å². The highest BCUT2D eigenvalue weighted by Crippen LogP contribution is 2.29. The fourth-order valence-corrected chi connectivity index (χ4v) is 2.10. The molecule has 0 aliphatic rings. The van der Waals surface area contributed by atoms with Crippen LogP contribution in [0, 0.1) is 0 Å². The molecular formula is C18H16F3N3O4. The van der Waals surface area contributed by atoms with Gasteiger partial charge in [0.1, 0.15) is 0 Å². The fraction of sp³-hybridized carbons (Fsp3) is 0.167. The Balaban J connectivity index is 1.94. The molecule has 148 valence electrons. The van der Waals surface area contributed by atoms with Gasteiger partial charge in [-0.2, -0.15) is 13.2 Å². The van der Waals surface area contributed by atoms with Gasteiger partial charge in [-0.25, -0.2) is 9.59 Å². The summed E-state index contributed by atoms with van der Waals surface area (Å²) in [6.07, 6.45) is -5.67. The summed E-state index contributed by atoms with van der Waals surface area (Å²) < 4.78 is 42.6. The van der Waals surface area contributed by atoms with Gasteiger partial charge in [-0.1, -0.05) is 0 Å². The van der Waals surface area contributed by atoms with E-state index in [-0.39, 0.29) is 11.3 Å². The van der Waals surface area contributed by atoms with Gasteiger partial charge < -0.3 is 21.1 Å². The van der Waals surface area contributed by atoms with Gasteiger partial charge in [0.05, 0.1) is 11.1 Å². The van der Waals surface area contributed by atoms with Gasteiger partial charge in [0.15, 0.2) is 6.10 Å². The number of hydrogen-bond acceptors (Lipinski definition) is 4. The first kappa shape index (κ1) is 20.7. The zero-order chi connectivity index (χ0) is 20.9. The SMILES string of the molecule is CC(OC(=O)c1ccc(NC(N)=O)cc1)C(=O)Nc1ccc(C(F)(F)F)cc1. The van der Waals surface area contributed by atoms with Crippen LogP contribution < -0.4 is 16.4 Å². The highest BCUT2D eigenvalue weighted by molar-refractivity contribution is 5.97. The number of carbonyl (C=O) groups is 3. The number of primary amides is 1. The third-order valence-electron chi connectivity index (χ3n) is 3.52. The number of carbonyl (C=O) groups excluding carboxylic acids is 3. The van der Waals surface area contributed by atoms with E-state index in [9.17, 15) is 27.6 Å². The summed E-state index contributed by atoms with van der Waals surface area (Å²) in [6.45, 7) is 1.32. The maximum absolute atomic E-state index is 12.5. The van der Waals surface area contributed by atoms with E-state index in [4.69, 9.17) is 10.5 Å². The smallest absolute Gasteiger partial charge is 0.416 e. The molecule has 4 N–H and O–H groups in total. The van der Waals surface area contributed by atoms with Crippen LogP contribution in [0.2, 0.25) is 0 Å². The number of rotatable bonds is 5. The zero-order valence-corrected chi connectivity index (χ0v) is 14.5. The van der Waals surface area contributed by atoms with E-state index in [0.717, 1.165) is 24.3 Å². The molecule has 2 rings (SSSR count). The summed E-state index contributed by atoms with van der Waals surface area (Å²) in [4.78, 5) is 34.9. The summed E-state index contributed by atoms with van der Waals surface area (Å²) in [6, 6.07) is 8.68. The van der Waals surface area contributed by atoms with Gasteiger partial charge in [0.2, 0.25) is 0 Å². The summed E-state index contributed by atoms with van der Waals surface area (Å²) in [5.41, 5.74) is 4.75. The molecular weight excluding hydrogens is 379 g/mol. The van der Waals surface area contributed by atoms with Crippen molar-refractivity contribution in [2.24, 2.45) is 5.73 Å². The van der Waals surface area contributed by atoms with E-state index in [2.05, 4.69) is 10.6 Å². The van der Waals surface area contributed by atoms with Crippen molar-refractivity contribution in [3.63, 3.8) is 0 Å². The second-order valence-corrected chi connectivity index (χ2v) is 5.68. The molecule has 10 heteroatoms. The predicted molar refractivity (Wildman–Crippen MR) is 94.6 cm³/mol. The number of amides is 3. The Morgan fingerprint density at radius 1 is 0.929 bits per heavy atom. The summed E-state index contributed by atoms with van der Waals surface area (Å²) in [7, 11) is 0. The lowest BCUT2D eigenvalue weighted by molar-refractivity contribution is -0.137. The number of urea groups is 1. The standard InChI is InChI=1S/C18H16F3N3O4/c1-10(15(25)23-13-8-4-12(5-9-13)18(19,20)21)28-16(26)11-2-6-14(7-3-11)24-17(22)27/h2-10H,1H3,(H,23,25)(H3,22,24,27). The van der Waals surface area contributed by atoms with Crippen molar-refractivity contribution in [3.05, 3.63) is 59.7 Å². The lowest BCUT2D eigenvalue weighted by Gasteiger charge is -2.14. The number of alkyl halides is 3. The number of nitrogens with one attached hydrogen (secondary N) is 2. The number of anilines is 2. The number of ether oxygens (including phenoxy) is 1. The molecule has 28 heavy (non-hydrogen) atoms. The second-order valence-electron chi connectivity index (χ2n) is 5.68. The Hall–Kier alpha value is -3.56. The molecule has 0 radical (unpaired) electrons. The lowest BCUT2D eigenvalue weighted by Crippen LogP contribution is -2.30. The Kier molecular flexibility index (Phi) is 6.24. The monoisotopic (exact) mass is 395 g/mol. The molecule has 0 aliphatic carbocycles.